The molecule has 0 unspecified atom stereocenters. The number of aromatic nitrogens is 1. The zero-order valence-corrected chi connectivity index (χ0v) is 15.5. The highest BCUT2D eigenvalue weighted by molar-refractivity contribution is 6.15. The molecule has 0 aliphatic rings. The molecule has 0 spiro atoms. The van der Waals surface area contributed by atoms with Crippen molar-refractivity contribution in [3.8, 4) is 11.8 Å². The second-order valence-electron chi connectivity index (χ2n) is 5.79. The van der Waals surface area contributed by atoms with Gasteiger partial charge in [0, 0.05) is 5.69 Å². The number of nitrogens with one attached hydrogen (secondary N) is 1. The number of rotatable bonds is 7. The molecule has 0 saturated carbocycles. The normalized spacial score (nSPS) is 11.2. The van der Waals surface area contributed by atoms with Crippen molar-refractivity contribution >= 4 is 17.8 Å². The summed E-state index contributed by atoms with van der Waals surface area (Å²) >= 11 is 0. The molecule has 0 aliphatic carbocycles. The van der Waals surface area contributed by atoms with Gasteiger partial charge in [-0.3, -0.25) is 4.79 Å². The van der Waals surface area contributed by atoms with E-state index in [1.54, 1.807) is 20.8 Å². The van der Waals surface area contributed by atoms with Crippen LogP contribution in [0.4, 0.5) is 8.78 Å². The Morgan fingerprint density at radius 1 is 1.25 bits per heavy atom. The number of hydrogen-bond donors (Lipinski definition) is 1. The number of carbonyl (C=O) groups is 2. The number of hydrogen-bond acceptors (Lipinski definition) is 5. The highest BCUT2D eigenvalue weighted by Gasteiger charge is 2.24. The van der Waals surface area contributed by atoms with Crippen LogP contribution in [0.5, 0.6) is 5.75 Å². The Morgan fingerprint density at radius 2 is 1.89 bits per heavy atom. The molecule has 0 amide bonds. The zero-order valence-electron chi connectivity index (χ0n) is 15.5. The summed E-state index contributed by atoms with van der Waals surface area (Å²) in [6.07, 6.45) is 1.33. The molecule has 0 saturated heterocycles. The van der Waals surface area contributed by atoms with Crippen LogP contribution in [0.15, 0.2) is 29.8 Å². The number of aromatic amines is 1. The van der Waals surface area contributed by atoms with Crippen LogP contribution in [-0.2, 0) is 4.74 Å². The van der Waals surface area contributed by atoms with E-state index in [1.165, 1.54) is 30.3 Å². The number of aryl methyl sites for hydroxylation is 1. The molecule has 28 heavy (non-hydrogen) atoms. The first kappa shape index (κ1) is 20.8. The molecule has 0 bridgehead atoms. The van der Waals surface area contributed by atoms with Crippen molar-refractivity contribution < 1.29 is 27.8 Å². The Hall–Kier alpha value is -3.47. The molecule has 146 valence electrons. The van der Waals surface area contributed by atoms with Crippen LogP contribution < -0.4 is 4.74 Å². The van der Waals surface area contributed by atoms with Gasteiger partial charge in [0.25, 0.3) is 0 Å². The lowest BCUT2D eigenvalue weighted by Crippen LogP contribution is -2.08. The topological polar surface area (TPSA) is 92.2 Å². The number of benzene rings is 1. The molecular weight excluding hydrogens is 370 g/mol. The third-order valence-corrected chi connectivity index (χ3v) is 3.93. The summed E-state index contributed by atoms with van der Waals surface area (Å²) in [6.45, 7) is 2.16. The molecule has 1 aromatic heterocycles. The number of Topliss-reactive ketones (excluding diaryl/α,β-unsaturated/α-hetero) is 1. The number of carbonyl (C=O) groups excluding carboxylic acids is 2. The monoisotopic (exact) mass is 388 g/mol. The molecular formula is C20H18F2N2O4. The van der Waals surface area contributed by atoms with Crippen LogP contribution in [0, 0.1) is 25.2 Å². The average molecular weight is 388 g/mol. The summed E-state index contributed by atoms with van der Waals surface area (Å²) in [5, 5.41) is 9.38. The van der Waals surface area contributed by atoms with E-state index in [0.29, 0.717) is 16.8 Å². The second kappa shape index (κ2) is 8.95. The van der Waals surface area contributed by atoms with E-state index in [0.717, 1.165) is 0 Å². The maximum absolute atomic E-state index is 12.8. The second-order valence-corrected chi connectivity index (χ2v) is 5.79. The smallest absolute Gasteiger partial charge is 0.387 e. The Bertz CT molecular complexity index is 954. The number of alkyl halides is 2. The van der Waals surface area contributed by atoms with Crippen LogP contribution in [0.3, 0.4) is 0 Å². The molecule has 0 atom stereocenters. The van der Waals surface area contributed by atoms with Crippen molar-refractivity contribution in [2.24, 2.45) is 0 Å². The van der Waals surface area contributed by atoms with Gasteiger partial charge < -0.3 is 14.5 Å². The molecule has 1 aromatic carbocycles. The summed E-state index contributed by atoms with van der Waals surface area (Å²) in [5.41, 5.74) is 1.51. The van der Waals surface area contributed by atoms with Crippen LogP contribution in [0.25, 0.3) is 6.08 Å². The first-order chi connectivity index (χ1) is 13.3. The minimum atomic E-state index is -2.94. The number of esters is 1. The summed E-state index contributed by atoms with van der Waals surface area (Å²) in [5.74, 6) is -1.18. The van der Waals surface area contributed by atoms with Gasteiger partial charge in [-0.1, -0.05) is 12.1 Å². The first-order valence-electron chi connectivity index (χ1n) is 8.36. The lowest BCUT2D eigenvalue weighted by Gasteiger charge is -2.04. The maximum Gasteiger partial charge on any atom is 0.387 e. The minimum absolute atomic E-state index is 0.0353. The van der Waals surface area contributed by atoms with Gasteiger partial charge in [0.1, 0.15) is 17.4 Å². The number of ether oxygens (including phenoxy) is 2. The van der Waals surface area contributed by atoms with Crippen LogP contribution in [0.1, 0.15) is 44.6 Å². The number of halogens is 2. The highest BCUT2D eigenvalue weighted by atomic mass is 19.3. The fourth-order valence-electron chi connectivity index (χ4n) is 2.68. The van der Waals surface area contributed by atoms with E-state index in [4.69, 9.17) is 4.74 Å². The molecule has 2 aromatic rings. The summed E-state index contributed by atoms with van der Waals surface area (Å²) < 4.78 is 33.6. The summed E-state index contributed by atoms with van der Waals surface area (Å²) in [7, 11) is 0. The third-order valence-electron chi connectivity index (χ3n) is 3.93. The van der Waals surface area contributed by atoms with Crippen molar-refractivity contribution in [2.75, 3.05) is 6.61 Å². The lowest BCUT2D eigenvalue weighted by atomic mass is 10.0. The first-order valence-corrected chi connectivity index (χ1v) is 8.36. The predicted molar refractivity (Wildman–Crippen MR) is 97.2 cm³/mol. The number of H-pyrrole nitrogens is 1. The average Bonchev–Trinajstić information content (AvgIpc) is 2.94. The van der Waals surface area contributed by atoms with Gasteiger partial charge in [-0.15, -0.1) is 0 Å². The van der Waals surface area contributed by atoms with E-state index >= 15 is 0 Å². The van der Waals surface area contributed by atoms with Gasteiger partial charge in [0.15, 0.2) is 0 Å². The number of nitrogens with zero attached hydrogens (tertiary/aromatic N) is 1. The van der Waals surface area contributed by atoms with Crippen LogP contribution >= 0.6 is 0 Å². The predicted octanol–water partition coefficient (Wildman–Crippen LogP) is 4.20. The van der Waals surface area contributed by atoms with E-state index in [2.05, 4.69) is 9.72 Å². The van der Waals surface area contributed by atoms with Crippen molar-refractivity contribution in [2.45, 2.75) is 27.4 Å². The molecule has 0 radical (unpaired) electrons. The van der Waals surface area contributed by atoms with Crippen LogP contribution in [-0.4, -0.2) is 30.0 Å². The van der Waals surface area contributed by atoms with Gasteiger partial charge in [-0.2, -0.15) is 14.0 Å². The molecule has 0 fully saturated rings. The molecule has 6 nitrogen and oxygen atoms in total. The Balaban J connectivity index is 2.34. The van der Waals surface area contributed by atoms with Gasteiger partial charge in [0.05, 0.1) is 17.9 Å². The van der Waals surface area contributed by atoms with E-state index < -0.39 is 18.4 Å². The summed E-state index contributed by atoms with van der Waals surface area (Å²) in [4.78, 5) is 27.7. The molecule has 0 aliphatic heterocycles. The fourth-order valence-corrected chi connectivity index (χ4v) is 2.68. The number of allylic oxidation sites excluding steroid dienone is 1. The van der Waals surface area contributed by atoms with E-state index in [1.807, 2.05) is 6.07 Å². The van der Waals surface area contributed by atoms with Gasteiger partial charge in [-0.25, -0.2) is 4.79 Å². The number of nitriles is 1. The largest absolute Gasteiger partial charge is 0.462 e. The van der Waals surface area contributed by atoms with Gasteiger partial charge in [0.2, 0.25) is 5.78 Å². The molecule has 8 heteroatoms. The number of ketones is 1. The summed E-state index contributed by atoms with van der Waals surface area (Å²) in [6, 6.07) is 7.33. The highest BCUT2D eigenvalue weighted by Crippen LogP contribution is 2.23. The molecule has 1 heterocycles. The fraction of sp³-hybridized carbons (Fsp3) is 0.250. The SMILES string of the molecule is CCOC(=O)c1c(C)[nH]c(C(=O)/C(C#N)=C\c2ccc(OC(F)F)cc2)c1C. The van der Waals surface area contributed by atoms with Gasteiger partial charge >= 0.3 is 12.6 Å². The van der Waals surface area contributed by atoms with Crippen molar-refractivity contribution in [1.29, 1.82) is 5.26 Å². The van der Waals surface area contributed by atoms with E-state index in [9.17, 15) is 23.6 Å². The molecule has 1 N–H and O–H groups in total. The standard InChI is InChI=1S/C20H18F2N2O4/c1-4-27-19(26)16-11(2)17(24-12(16)3)18(25)14(10-23)9-13-5-7-15(8-6-13)28-20(21)22/h5-9,20,24H,4H2,1-3H3/b14-9-. The Labute approximate surface area is 160 Å². The molecule has 2 rings (SSSR count). The Kier molecular flexibility index (Phi) is 6.66. The van der Waals surface area contributed by atoms with Crippen molar-refractivity contribution in [3.05, 3.63) is 57.9 Å². The Morgan fingerprint density at radius 3 is 2.43 bits per heavy atom. The minimum Gasteiger partial charge on any atom is -0.462 e. The van der Waals surface area contributed by atoms with Gasteiger partial charge in [-0.05, 0) is 50.1 Å². The third kappa shape index (κ3) is 4.62. The van der Waals surface area contributed by atoms with E-state index in [-0.39, 0.29) is 29.2 Å². The van der Waals surface area contributed by atoms with Crippen molar-refractivity contribution in [3.63, 3.8) is 0 Å². The zero-order chi connectivity index (χ0) is 20.8. The maximum atomic E-state index is 12.8. The lowest BCUT2D eigenvalue weighted by molar-refractivity contribution is -0.0498. The van der Waals surface area contributed by atoms with Crippen molar-refractivity contribution in [1.82, 2.24) is 4.98 Å². The quantitative estimate of drug-likeness (QED) is 0.332. The van der Waals surface area contributed by atoms with Crippen LogP contribution in [0.2, 0.25) is 0 Å².